The molecule has 1 aliphatic carbocycles. The number of likely N-dealkylation sites (N-methyl/N-ethyl adjacent to an activating group) is 1. The number of hydrogen-bond acceptors (Lipinski definition) is 3. The first kappa shape index (κ1) is 18.2. The molecule has 2 aliphatic rings. The largest absolute Gasteiger partial charge is 0.480 e. The van der Waals surface area contributed by atoms with Gasteiger partial charge in [0.2, 0.25) is 5.91 Å². The van der Waals surface area contributed by atoms with Crippen molar-refractivity contribution >= 4 is 23.5 Å². The minimum absolute atomic E-state index is 0.0536. The molecule has 136 valence electrons. The summed E-state index contributed by atoms with van der Waals surface area (Å²) in [6.07, 6.45) is 3.60. The van der Waals surface area contributed by atoms with Crippen LogP contribution in [0.25, 0.3) is 0 Å². The van der Waals surface area contributed by atoms with Crippen molar-refractivity contribution in [2.45, 2.75) is 37.6 Å². The van der Waals surface area contributed by atoms with E-state index in [0.717, 1.165) is 42.8 Å². The Labute approximate surface area is 153 Å². The fourth-order valence-corrected chi connectivity index (χ4v) is 4.09. The molecule has 3 unspecified atom stereocenters. The van der Waals surface area contributed by atoms with E-state index in [-0.39, 0.29) is 24.4 Å². The highest BCUT2D eigenvalue weighted by Crippen LogP contribution is 2.49. The second-order valence-electron chi connectivity index (χ2n) is 7.22. The standard InChI is InChI=1S/C19H25ClN2O3/c1-21(12-18(23)24)15-6-3-8-22(9-7-15)19(25)17-11-16(17)13-4-2-5-14(20)10-13/h2,4-5,10,15-17H,3,6-9,11-12H2,1H3,(H,23,24). The third-order valence-electron chi connectivity index (χ3n) is 5.40. The highest BCUT2D eigenvalue weighted by Gasteiger charge is 2.46. The average molecular weight is 365 g/mol. The Kier molecular flexibility index (Phi) is 5.64. The van der Waals surface area contributed by atoms with Crippen LogP contribution in [0.15, 0.2) is 24.3 Å². The monoisotopic (exact) mass is 364 g/mol. The number of benzene rings is 1. The first-order valence-electron chi connectivity index (χ1n) is 8.92. The molecule has 1 heterocycles. The van der Waals surface area contributed by atoms with Gasteiger partial charge in [-0.15, -0.1) is 0 Å². The summed E-state index contributed by atoms with van der Waals surface area (Å²) < 4.78 is 0. The van der Waals surface area contributed by atoms with E-state index in [9.17, 15) is 9.59 Å². The molecule has 25 heavy (non-hydrogen) atoms. The van der Waals surface area contributed by atoms with Gasteiger partial charge in [-0.2, -0.15) is 0 Å². The van der Waals surface area contributed by atoms with Gasteiger partial charge in [0.05, 0.1) is 6.54 Å². The Bertz CT molecular complexity index is 651. The zero-order chi connectivity index (χ0) is 18.0. The van der Waals surface area contributed by atoms with E-state index >= 15 is 0 Å². The van der Waals surface area contributed by atoms with E-state index < -0.39 is 5.97 Å². The van der Waals surface area contributed by atoms with Crippen LogP contribution in [0.4, 0.5) is 0 Å². The van der Waals surface area contributed by atoms with Crippen molar-refractivity contribution in [2.75, 3.05) is 26.7 Å². The summed E-state index contributed by atoms with van der Waals surface area (Å²) in [7, 11) is 1.85. The average Bonchev–Trinajstić information content (AvgIpc) is 3.37. The topological polar surface area (TPSA) is 60.9 Å². The van der Waals surface area contributed by atoms with Gasteiger partial charge < -0.3 is 10.0 Å². The summed E-state index contributed by atoms with van der Waals surface area (Å²) in [5, 5.41) is 9.66. The molecule has 6 heteroatoms. The molecule has 0 radical (unpaired) electrons. The van der Waals surface area contributed by atoms with Crippen LogP contribution < -0.4 is 0 Å². The van der Waals surface area contributed by atoms with Crippen molar-refractivity contribution in [1.82, 2.24) is 9.80 Å². The number of amides is 1. The van der Waals surface area contributed by atoms with Gasteiger partial charge >= 0.3 is 5.97 Å². The quantitative estimate of drug-likeness (QED) is 0.872. The highest BCUT2D eigenvalue weighted by atomic mass is 35.5. The van der Waals surface area contributed by atoms with E-state index in [1.165, 1.54) is 0 Å². The molecule has 0 aromatic heterocycles. The maximum absolute atomic E-state index is 12.8. The number of rotatable bonds is 5. The lowest BCUT2D eigenvalue weighted by Crippen LogP contribution is -2.37. The van der Waals surface area contributed by atoms with Crippen LogP contribution in [0.1, 0.15) is 37.2 Å². The fourth-order valence-electron chi connectivity index (χ4n) is 3.89. The van der Waals surface area contributed by atoms with E-state index in [4.69, 9.17) is 16.7 Å². The van der Waals surface area contributed by atoms with Crippen LogP contribution in [0.3, 0.4) is 0 Å². The molecule has 1 saturated heterocycles. The number of aliphatic carboxylic acids is 1. The summed E-state index contributed by atoms with van der Waals surface area (Å²) >= 11 is 6.05. The molecule has 1 aromatic rings. The Morgan fingerprint density at radius 3 is 2.84 bits per heavy atom. The number of nitrogens with zero attached hydrogens (tertiary/aromatic N) is 2. The molecule has 0 bridgehead atoms. The first-order chi connectivity index (χ1) is 12.0. The fraction of sp³-hybridized carbons (Fsp3) is 0.579. The molecule has 1 amide bonds. The SMILES string of the molecule is CN(CC(=O)O)C1CCCN(C(=O)C2CC2c2cccc(Cl)c2)CC1. The molecule has 3 rings (SSSR count). The summed E-state index contributed by atoms with van der Waals surface area (Å²) in [5.41, 5.74) is 1.15. The molecule has 1 N–H and O–H groups in total. The van der Waals surface area contributed by atoms with Gasteiger partial charge in [-0.05, 0) is 56.3 Å². The molecular formula is C19H25ClN2O3. The van der Waals surface area contributed by atoms with Gasteiger partial charge in [-0.25, -0.2) is 0 Å². The lowest BCUT2D eigenvalue weighted by molar-refractivity contribution is -0.138. The number of carboxylic acids is 1. The zero-order valence-electron chi connectivity index (χ0n) is 14.5. The molecular weight excluding hydrogens is 340 g/mol. The van der Waals surface area contributed by atoms with Crippen molar-refractivity contribution in [1.29, 1.82) is 0 Å². The Morgan fingerprint density at radius 2 is 2.12 bits per heavy atom. The molecule has 5 nitrogen and oxygen atoms in total. The Morgan fingerprint density at radius 1 is 1.32 bits per heavy atom. The molecule has 1 aliphatic heterocycles. The van der Waals surface area contributed by atoms with E-state index in [1.807, 2.05) is 41.1 Å². The van der Waals surface area contributed by atoms with Crippen molar-refractivity contribution in [3.8, 4) is 0 Å². The predicted octanol–water partition coefficient (Wildman–Crippen LogP) is 2.84. The minimum atomic E-state index is -0.804. The first-order valence-corrected chi connectivity index (χ1v) is 9.30. The van der Waals surface area contributed by atoms with Crippen molar-refractivity contribution in [2.24, 2.45) is 5.92 Å². The maximum atomic E-state index is 12.8. The zero-order valence-corrected chi connectivity index (χ0v) is 15.3. The number of hydrogen-bond donors (Lipinski definition) is 1. The Hall–Kier alpha value is -1.59. The third-order valence-corrected chi connectivity index (χ3v) is 5.64. The van der Waals surface area contributed by atoms with Gasteiger partial charge in [0.15, 0.2) is 0 Å². The number of likely N-dealkylation sites (tertiary alicyclic amines) is 1. The number of carbonyl (C=O) groups excluding carboxylic acids is 1. The van der Waals surface area contributed by atoms with E-state index in [1.54, 1.807) is 0 Å². The number of carbonyl (C=O) groups is 2. The molecule has 0 spiro atoms. The van der Waals surface area contributed by atoms with Gasteiger partial charge in [-0.1, -0.05) is 23.7 Å². The smallest absolute Gasteiger partial charge is 0.317 e. The van der Waals surface area contributed by atoms with Crippen LogP contribution in [0, 0.1) is 5.92 Å². The summed E-state index contributed by atoms with van der Waals surface area (Å²) in [6.45, 7) is 1.54. The van der Waals surface area contributed by atoms with Crippen LogP contribution in [-0.2, 0) is 9.59 Å². The highest BCUT2D eigenvalue weighted by molar-refractivity contribution is 6.30. The maximum Gasteiger partial charge on any atom is 0.317 e. The second-order valence-corrected chi connectivity index (χ2v) is 7.66. The van der Waals surface area contributed by atoms with Crippen LogP contribution in [0.2, 0.25) is 5.02 Å². The van der Waals surface area contributed by atoms with Gasteiger partial charge in [-0.3, -0.25) is 14.5 Å². The van der Waals surface area contributed by atoms with E-state index in [0.29, 0.717) is 12.5 Å². The van der Waals surface area contributed by atoms with Crippen molar-refractivity contribution in [3.05, 3.63) is 34.9 Å². The van der Waals surface area contributed by atoms with Crippen molar-refractivity contribution < 1.29 is 14.7 Å². The molecule has 1 aromatic carbocycles. The molecule has 3 atom stereocenters. The number of carboxylic acid groups (broad SMARTS) is 1. The summed E-state index contributed by atoms with van der Waals surface area (Å²) in [6, 6.07) is 8.03. The normalized spacial score (nSPS) is 26.4. The summed E-state index contributed by atoms with van der Waals surface area (Å²) in [4.78, 5) is 27.6. The number of halogens is 1. The summed E-state index contributed by atoms with van der Waals surface area (Å²) in [5.74, 6) is -0.194. The molecule has 2 fully saturated rings. The third kappa shape index (κ3) is 4.53. The second kappa shape index (κ2) is 7.75. The van der Waals surface area contributed by atoms with Gasteiger partial charge in [0.25, 0.3) is 0 Å². The predicted molar refractivity (Wildman–Crippen MR) is 96.8 cm³/mol. The van der Waals surface area contributed by atoms with E-state index in [2.05, 4.69) is 0 Å². The minimum Gasteiger partial charge on any atom is -0.480 e. The van der Waals surface area contributed by atoms with Crippen LogP contribution >= 0.6 is 11.6 Å². The Balaban J connectivity index is 1.55. The van der Waals surface area contributed by atoms with Crippen LogP contribution in [-0.4, -0.2) is 59.5 Å². The van der Waals surface area contributed by atoms with Crippen molar-refractivity contribution in [3.63, 3.8) is 0 Å². The van der Waals surface area contributed by atoms with Gasteiger partial charge in [0.1, 0.15) is 0 Å². The molecule has 1 saturated carbocycles. The lowest BCUT2D eigenvalue weighted by atomic mass is 10.1. The van der Waals surface area contributed by atoms with Gasteiger partial charge in [0, 0.05) is 30.1 Å². The van der Waals surface area contributed by atoms with Crippen LogP contribution in [0.5, 0.6) is 0 Å². The lowest BCUT2D eigenvalue weighted by Gasteiger charge is -2.25.